The van der Waals surface area contributed by atoms with Crippen LogP contribution in [-0.4, -0.2) is 0 Å². The first-order chi connectivity index (χ1) is 1.73. The van der Waals surface area contributed by atoms with Crippen molar-refractivity contribution in [2.45, 2.75) is 0 Å². The Bertz CT molecular complexity index is 26.3. The first-order valence-corrected chi connectivity index (χ1v) is 1.27. The minimum Gasteiger partial charge on any atom is -0.0898 e. The molecule has 0 aliphatic heterocycles. The molecule has 0 atom stereocenters. The van der Waals surface area contributed by atoms with Gasteiger partial charge in [0.2, 0.25) is 0 Å². The van der Waals surface area contributed by atoms with E-state index in [0.717, 1.165) is 0 Å². The van der Waals surface area contributed by atoms with Crippen molar-refractivity contribution in [1.82, 2.24) is 0 Å². The van der Waals surface area contributed by atoms with E-state index in [1.807, 2.05) is 0 Å². The molecule has 4 heavy (non-hydrogen) atoms. The Kier molecular flexibility index (Phi) is 1.37. The molecule has 0 aromatic carbocycles. The van der Waals surface area contributed by atoms with Crippen LogP contribution in [0.2, 0.25) is 0 Å². The highest BCUT2D eigenvalue weighted by atomic mass is 35.5. The molecule has 0 fully saturated rings. The third-order valence-electron chi connectivity index (χ3n) is 0. The van der Waals surface area contributed by atoms with Crippen molar-refractivity contribution in [2.75, 3.05) is 0 Å². The summed E-state index contributed by atoms with van der Waals surface area (Å²) in [5.41, 5.74) is 0. The van der Waals surface area contributed by atoms with Crippen LogP contribution in [0, 0.1) is 6.92 Å². The van der Waals surface area contributed by atoms with Crippen LogP contribution in [0.4, 0.5) is 0 Å². The molecule has 23 valence electrons. The van der Waals surface area contributed by atoms with E-state index >= 15 is 0 Å². The van der Waals surface area contributed by atoms with E-state index in [-0.39, 0.29) is 0 Å². The fraction of sp³-hybridized carbons (Fsp3) is 0. The van der Waals surface area contributed by atoms with Crippen LogP contribution in [0.5, 0.6) is 0 Å². The molecule has 0 saturated heterocycles. The average molecular weight is 75.5 g/mol. The quantitative estimate of drug-likeness (QED) is 0.410. The molecule has 0 unspecified atom stereocenters. The predicted octanol–water partition coefficient (Wildman–Crippen LogP) is 1.57. The summed E-state index contributed by atoms with van der Waals surface area (Å²) in [4.78, 5) is 0. The summed E-state index contributed by atoms with van der Waals surface area (Å²) in [7, 11) is 0. The monoisotopic (exact) mass is 75.0 g/mol. The molecule has 0 aromatic rings. The second-order valence-electron chi connectivity index (χ2n) is 0.517. The van der Waals surface area contributed by atoms with Gasteiger partial charge in [-0.2, -0.15) is 0 Å². The van der Waals surface area contributed by atoms with Gasteiger partial charge in [-0.3, -0.25) is 0 Å². The number of rotatable bonds is 0. The summed E-state index contributed by atoms with van der Waals surface area (Å²) in [5, 5.41) is 0.389. The topological polar surface area (TPSA) is 0 Å². The van der Waals surface area contributed by atoms with E-state index in [1.165, 1.54) is 0 Å². The Labute approximate surface area is 31.1 Å². The number of allylic oxidation sites excluding steroid dienone is 1. The summed E-state index contributed by atoms with van der Waals surface area (Å²) < 4.78 is 0. The number of halogens is 1. The van der Waals surface area contributed by atoms with Crippen LogP contribution in [0.3, 0.4) is 0 Å². The van der Waals surface area contributed by atoms with Gasteiger partial charge >= 0.3 is 0 Å². The lowest BCUT2D eigenvalue weighted by molar-refractivity contribution is 2.06. The lowest BCUT2D eigenvalue weighted by Gasteiger charge is -1.60. The molecule has 0 saturated carbocycles. The highest BCUT2D eigenvalue weighted by molar-refractivity contribution is 6.29. The second kappa shape index (κ2) is 1.36. The van der Waals surface area contributed by atoms with Gasteiger partial charge in [-0.15, -0.1) is 0 Å². The van der Waals surface area contributed by atoms with E-state index in [4.69, 9.17) is 11.6 Å². The molecule has 0 aliphatic carbocycles. The SMILES string of the molecule is [CH2]C(=C)Cl. The van der Waals surface area contributed by atoms with Gasteiger partial charge in [0.1, 0.15) is 0 Å². The maximum atomic E-state index is 4.97. The predicted molar refractivity (Wildman–Crippen MR) is 20.3 cm³/mol. The van der Waals surface area contributed by atoms with E-state index in [9.17, 15) is 0 Å². The fourth-order valence-corrected chi connectivity index (χ4v) is 0. The molecule has 0 heterocycles. The zero-order valence-corrected chi connectivity index (χ0v) is 3.05. The summed E-state index contributed by atoms with van der Waals surface area (Å²) in [5.74, 6) is 0. The summed E-state index contributed by atoms with van der Waals surface area (Å²) in [6.07, 6.45) is 0. The Balaban J connectivity index is 2.80. The smallest absolute Gasteiger partial charge is 0.0112 e. The molecule has 0 nitrogen and oxygen atoms in total. The van der Waals surface area contributed by atoms with Crippen molar-refractivity contribution in [2.24, 2.45) is 0 Å². The van der Waals surface area contributed by atoms with Crippen molar-refractivity contribution in [1.29, 1.82) is 0 Å². The number of hydrogen-bond donors (Lipinski definition) is 0. The van der Waals surface area contributed by atoms with Gasteiger partial charge in [0.25, 0.3) is 0 Å². The lowest BCUT2D eigenvalue weighted by atomic mass is 10.8. The molecule has 0 rings (SSSR count). The standard InChI is InChI=1S/C3H4Cl/c1-3(2)4/h1-2H2. The van der Waals surface area contributed by atoms with Crippen molar-refractivity contribution < 1.29 is 0 Å². The Morgan fingerprint density at radius 1 is 1.75 bits per heavy atom. The van der Waals surface area contributed by atoms with Crippen molar-refractivity contribution in [3.05, 3.63) is 18.5 Å². The first-order valence-electron chi connectivity index (χ1n) is 0.896. The van der Waals surface area contributed by atoms with E-state index in [0.29, 0.717) is 5.03 Å². The van der Waals surface area contributed by atoms with Crippen LogP contribution >= 0.6 is 11.6 Å². The zero-order valence-electron chi connectivity index (χ0n) is 2.29. The third kappa shape index (κ3) is 2390. The summed E-state index contributed by atoms with van der Waals surface area (Å²) in [6, 6.07) is 0. The zero-order chi connectivity index (χ0) is 3.58. The van der Waals surface area contributed by atoms with E-state index < -0.39 is 0 Å². The first kappa shape index (κ1) is 4.03. The molecule has 0 aliphatic rings. The average Bonchev–Trinajstić information content (AvgIpc) is 0.811. The summed E-state index contributed by atoms with van der Waals surface area (Å²) >= 11 is 4.97. The van der Waals surface area contributed by atoms with Gasteiger partial charge in [0.05, 0.1) is 0 Å². The van der Waals surface area contributed by atoms with E-state index in [2.05, 4.69) is 13.5 Å². The van der Waals surface area contributed by atoms with Gasteiger partial charge in [-0.25, -0.2) is 0 Å². The molecule has 1 radical (unpaired) electrons. The lowest BCUT2D eigenvalue weighted by Crippen LogP contribution is -1.36. The Morgan fingerprint density at radius 3 is 1.75 bits per heavy atom. The maximum absolute atomic E-state index is 4.97. The molecule has 0 spiro atoms. The van der Waals surface area contributed by atoms with Crippen LogP contribution in [0.15, 0.2) is 11.6 Å². The second-order valence-corrected chi connectivity index (χ2v) is 1.05. The minimum atomic E-state index is 0.389. The van der Waals surface area contributed by atoms with Crippen LogP contribution in [0.25, 0.3) is 0 Å². The molecular weight excluding hydrogens is 71.5 g/mol. The summed E-state index contributed by atoms with van der Waals surface area (Å²) in [6.45, 7) is 6.42. The highest BCUT2D eigenvalue weighted by Crippen LogP contribution is 1.86. The van der Waals surface area contributed by atoms with Crippen molar-refractivity contribution in [3.8, 4) is 0 Å². The van der Waals surface area contributed by atoms with Gasteiger partial charge < -0.3 is 0 Å². The van der Waals surface area contributed by atoms with Gasteiger partial charge in [-0.05, 0) is 6.92 Å². The third-order valence-corrected chi connectivity index (χ3v) is 0. The minimum absolute atomic E-state index is 0.389. The van der Waals surface area contributed by atoms with Crippen LogP contribution in [0.1, 0.15) is 0 Å². The van der Waals surface area contributed by atoms with Gasteiger partial charge in [0, 0.05) is 5.03 Å². The Hall–Kier alpha value is 0.0300. The van der Waals surface area contributed by atoms with Crippen molar-refractivity contribution in [3.63, 3.8) is 0 Å². The van der Waals surface area contributed by atoms with Crippen molar-refractivity contribution >= 4 is 11.6 Å². The van der Waals surface area contributed by atoms with Crippen LogP contribution < -0.4 is 0 Å². The van der Waals surface area contributed by atoms with Crippen LogP contribution in [-0.2, 0) is 0 Å². The fourth-order valence-electron chi connectivity index (χ4n) is 0. The molecule has 0 bridgehead atoms. The normalized spacial score (nSPS) is 6.50. The molecule has 0 aromatic heterocycles. The van der Waals surface area contributed by atoms with Gasteiger partial charge in [-0.1, -0.05) is 18.2 Å². The number of hydrogen-bond acceptors (Lipinski definition) is 0. The maximum Gasteiger partial charge on any atom is 0.0112 e. The van der Waals surface area contributed by atoms with E-state index in [1.54, 1.807) is 0 Å². The largest absolute Gasteiger partial charge is 0.0898 e. The highest BCUT2D eigenvalue weighted by Gasteiger charge is 1.56. The molecule has 0 N–H and O–H groups in total. The Morgan fingerprint density at radius 2 is 1.75 bits per heavy atom. The molecule has 1 heteroatoms. The molecule has 0 amide bonds. The molecular formula is C3H4Cl. The van der Waals surface area contributed by atoms with Gasteiger partial charge in [0.15, 0.2) is 0 Å².